The SMILES string of the molecule is CC(=O)c1cccc(N2C(=O)[C@@H]3[C@H](C2=O)[C@@H]2C=C[C@@H]3C2=C(c2ccccc2)c2ccccc2)c1. The molecule has 3 aliphatic rings. The maximum atomic E-state index is 13.7. The van der Waals surface area contributed by atoms with Crippen molar-refractivity contribution in [2.75, 3.05) is 4.90 Å². The molecule has 6 rings (SSSR count). The van der Waals surface area contributed by atoms with Crippen LogP contribution in [0, 0.1) is 23.7 Å². The van der Waals surface area contributed by atoms with Gasteiger partial charge in [0.1, 0.15) is 0 Å². The summed E-state index contributed by atoms with van der Waals surface area (Å²) in [5.74, 6) is -1.52. The van der Waals surface area contributed by atoms with Crippen molar-refractivity contribution in [1.29, 1.82) is 0 Å². The molecule has 4 nitrogen and oxygen atoms in total. The van der Waals surface area contributed by atoms with E-state index in [-0.39, 0.29) is 29.4 Å². The number of carbonyl (C=O) groups excluding carboxylic acids is 3. The van der Waals surface area contributed by atoms with E-state index in [0.717, 1.165) is 22.3 Å². The van der Waals surface area contributed by atoms with Crippen molar-refractivity contribution in [2.45, 2.75) is 6.92 Å². The van der Waals surface area contributed by atoms with E-state index in [2.05, 4.69) is 36.4 Å². The lowest BCUT2D eigenvalue weighted by Gasteiger charge is -2.22. The van der Waals surface area contributed by atoms with Crippen LogP contribution in [0.4, 0.5) is 5.69 Å². The fourth-order valence-corrected chi connectivity index (χ4v) is 5.92. The Bertz CT molecular complexity index is 1310. The number of imide groups is 1. The summed E-state index contributed by atoms with van der Waals surface area (Å²) in [5, 5.41) is 0. The Morgan fingerprint density at radius 1 is 0.676 bits per heavy atom. The van der Waals surface area contributed by atoms with Crippen LogP contribution in [-0.4, -0.2) is 17.6 Å². The molecule has 0 radical (unpaired) electrons. The van der Waals surface area contributed by atoms with Gasteiger partial charge in [0.25, 0.3) is 0 Å². The van der Waals surface area contributed by atoms with Gasteiger partial charge in [-0.05, 0) is 41.3 Å². The number of anilines is 1. The quantitative estimate of drug-likeness (QED) is 0.311. The van der Waals surface area contributed by atoms with Gasteiger partial charge in [-0.1, -0.05) is 84.9 Å². The van der Waals surface area contributed by atoms with Crippen molar-refractivity contribution < 1.29 is 14.4 Å². The molecule has 1 heterocycles. The molecule has 2 aliphatic carbocycles. The van der Waals surface area contributed by atoms with Crippen molar-refractivity contribution >= 4 is 28.9 Å². The van der Waals surface area contributed by atoms with Crippen LogP contribution in [-0.2, 0) is 9.59 Å². The Labute approximate surface area is 198 Å². The molecule has 2 fully saturated rings. The highest BCUT2D eigenvalue weighted by atomic mass is 16.2. The van der Waals surface area contributed by atoms with Gasteiger partial charge >= 0.3 is 0 Å². The number of Topliss-reactive ketones (excluding diaryl/α,β-unsaturated/α-hetero) is 1. The molecule has 0 aromatic heterocycles. The minimum absolute atomic E-state index is 0.0940. The number of rotatable bonds is 4. The van der Waals surface area contributed by atoms with Crippen LogP contribution in [0.5, 0.6) is 0 Å². The van der Waals surface area contributed by atoms with Gasteiger partial charge in [0.2, 0.25) is 11.8 Å². The first-order valence-corrected chi connectivity index (χ1v) is 11.6. The number of benzene rings is 3. The number of nitrogens with zero attached hydrogens (tertiary/aromatic N) is 1. The van der Waals surface area contributed by atoms with Crippen molar-refractivity contribution in [3.8, 4) is 0 Å². The van der Waals surface area contributed by atoms with Crippen LogP contribution in [0.15, 0.2) is 103 Å². The number of carbonyl (C=O) groups is 3. The molecule has 4 heteroatoms. The van der Waals surface area contributed by atoms with Crippen molar-refractivity contribution in [2.24, 2.45) is 23.7 Å². The second-order valence-corrected chi connectivity index (χ2v) is 9.17. The van der Waals surface area contributed by atoms with Crippen LogP contribution in [0.2, 0.25) is 0 Å². The molecular weight excluding hydrogens is 422 g/mol. The number of hydrogen-bond acceptors (Lipinski definition) is 3. The monoisotopic (exact) mass is 445 g/mol. The molecule has 1 saturated heterocycles. The minimum atomic E-state index is -0.416. The van der Waals surface area contributed by atoms with E-state index in [1.54, 1.807) is 24.3 Å². The molecule has 0 spiro atoms. The summed E-state index contributed by atoms with van der Waals surface area (Å²) in [6.45, 7) is 1.48. The van der Waals surface area contributed by atoms with Gasteiger partial charge < -0.3 is 0 Å². The lowest BCUT2D eigenvalue weighted by molar-refractivity contribution is -0.122. The molecule has 0 unspecified atom stereocenters. The van der Waals surface area contributed by atoms with Gasteiger partial charge in [-0.2, -0.15) is 0 Å². The first kappa shape index (κ1) is 20.5. The van der Waals surface area contributed by atoms with E-state index in [4.69, 9.17) is 0 Å². The summed E-state index contributed by atoms with van der Waals surface area (Å²) < 4.78 is 0. The third kappa shape index (κ3) is 2.95. The van der Waals surface area contributed by atoms with Gasteiger partial charge in [-0.3, -0.25) is 14.4 Å². The highest BCUT2D eigenvalue weighted by molar-refractivity contribution is 6.23. The van der Waals surface area contributed by atoms with Gasteiger partial charge in [0, 0.05) is 17.4 Å². The van der Waals surface area contributed by atoms with Crippen LogP contribution >= 0.6 is 0 Å². The lowest BCUT2D eigenvalue weighted by Crippen LogP contribution is -2.33. The fraction of sp³-hybridized carbons (Fsp3) is 0.167. The van der Waals surface area contributed by atoms with Crippen LogP contribution in [0.25, 0.3) is 5.57 Å². The Hall–Kier alpha value is -4.05. The highest BCUT2D eigenvalue weighted by Crippen LogP contribution is 2.58. The second-order valence-electron chi connectivity index (χ2n) is 9.17. The maximum Gasteiger partial charge on any atom is 0.238 e. The Morgan fingerprint density at radius 3 is 1.68 bits per heavy atom. The number of allylic oxidation sites excluding steroid dienone is 3. The van der Waals surface area contributed by atoms with E-state index in [0.29, 0.717) is 11.3 Å². The summed E-state index contributed by atoms with van der Waals surface area (Å²) in [7, 11) is 0. The van der Waals surface area contributed by atoms with Gasteiger partial charge in [-0.15, -0.1) is 0 Å². The third-order valence-corrected chi connectivity index (χ3v) is 7.34. The molecule has 1 saturated carbocycles. The molecule has 3 aromatic carbocycles. The lowest BCUT2D eigenvalue weighted by atomic mass is 9.85. The molecule has 2 amide bonds. The first-order chi connectivity index (χ1) is 16.6. The van der Waals surface area contributed by atoms with Gasteiger partial charge in [0.15, 0.2) is 5.78 Å². The van der Waals surface area contributed by atoms with Crippen molar-refractivity contribution in [3.05, 3.63) is 119 Å². The number of fused-ring (bicyclic) bond motifs is 5. The molecule has 0 N–H and O–H groups in total. The summed E-state index contributed by atoms with van der Waals surface area (Å²) in [4.78, 5) is 40.5. The topological polar surface area (TPSA) is 54.5 Å². The van der Waals surface area contributed by atoms with E-state index in [1.165, 1.54) is 11.8 Å². The molecule has 166 valence electrons. The molecule has 2 bridgehead atoms. The fourth-order valence-electron chi connectivity index (χ4n) is 5.92. The second kappa shape index (κ2) is 7.77. The van der Waals surface area contributed by atoms with Gasteiger partial charge in [-0.25, -0.2) is 4.90 Å². The standard InChI is InChI=1S/C30H23NO3/c1-18(32)21-13-8-14-22(17-21)31-29(33)27-23-15-16-24(28(27)30(31)34)26(23)25(19-9-4-2-5-10-19)20-11-6-3-7-12-20/h2-17,23-24,27-28H,1H3/t23-,24-,27-,28+/m1/s1. The summed E-state index contributed by atoms with van der Waals surface area (Å²) >= 11 is 0. The van der Waals surface area contributed by atoms with E-state index in [9.17, 15) is 14.4 Å². The average Bonchev–Trinajstić information content (AvgIpc) is 3.50. The predicted molar refractivity (Wildman–Crippen MR) is 131 cm³/mol. The molecule has 1 aliphatic heterocycles. The minimum Gasteiger partial charge on any atom is -0.295 e. The Morgan fingerprint density at radius 2 is 1.18 bits per heavy atom. The summed E-state index contributed by atoms with van der Waals surface area (Å²) in [6, 6.07) is 27.2. The van der Waals surface area contributed by atoms with Gasteiger partial charge in [0.05, 0.1) is 17.5 Å². The van der Waals surface area contributed by atoms with Crippen molar-refractivity contribution in [3.63, 3.8) is 0 Å². The average molecular weight is 446 g/mol. The number of hydrogen-bond donors (Lipinski definition) is 0. The number of amides is 2. The van der Waals surface area contributed by atoms with E-state index < -0.39 is 11.8 Å². The van der Waals surface area contributed by atoms with Crippen LogP contribution in [0.1, 0.15) is 28.4 Å². The largest absolute Gasteiger partial charge is 0.295 e. The first-order valence-electron chi connectivity index (χ1n) is 11.6. The smallest absolute Gasteiger partial charge is 0.238 e. The Balaban J connectivity index is 1.47. The van der Waals surface area contributed by atoms with Crippen LogP contribution < -0.4 is 4.90 Å². The molecule has 3 aromatic rings. The molecular formula is C30H23NO3. The molecule has 4 atom stereocenters. The highest BCUT2D eigenvalue weighted by Gasteiger charge is 2.62. The maximum absolute atomic E-state index is 13.7. The van der Waals surface area contributed by atoms with E-state index >= 15 is 0 Å². The van der Waals surface area contributed by atoms with Crippen LogP contribution in [0.3, 0.4) is 0 Å². The predicted octanol–water partition coefficient (Wildman–Crippen LogP) is 5.31. The summed E-state index contributed by atoms with van der Waals surface area (Å²) in [5.41, 5.74) is 5.43. The number of ketones is 1. The zero-order valence-electron chi connectivity index (χ0n) is 18.7. The zero-order chi connectivity index (χ0) is 23.4. The Kier molecular flexibility index (Phi) is 4.70. The summed E-state index contributed by atoms with van der Waals surface area (Å²) in [6.07, 6.45) is 4.21. The zero-order valence-corrected chi connectivity index (χ0v) is 18.7. The van der Waals surface area contributed by atoms with E-state index in [1.807, 2.05) is 36.4 Å². The molecule has 34 heavy (non-hydrogen) atoms. The normalized spacial score (nSPS) is 24.6. The van der Waals surface area contributed by atoms with Crippen molar-refractivity contribution in [1.82, 2.24) is 0 Å². The third-order valence-electron chi connectivity index (χ3n) is 7.34.